The molecular weight excluding hydrogens is 1270 g/mol. The van der Waals surface area contributed by atoms with Gasteiger partial charge in [0.25, 0.3) is 0 Å². The Hall–Kier alpha value is -5.87. The molecule has 0 aliphatic heterocycles. The molecule has 0 N–H and O–H groups in total. The van der Waals surface area contributed by atoms with E-state index in [1.807, 2.05) is 21.1 Å². The fourth-order valence-corrected chi connectivity index (χ4v) is 11.1. The first kappa shape index (κ1) is 97.1. The Kier molecular flexibility index (Phi) is 77.1. The summed E-state index contributed by atoms with van der Waals surface area (Å²) in [4.78, 5) is 37.7. The van der Waals surface area contributed by atoms with Crippen molar-refractivity contribution >= 4 is 17.9 Å². The number of rotatable bonds is 75. The van der Waals surface area contributed by atoms with Crippen molar-refractivity contribution in [2.75, 3.05) is 47.5 Å². The molecule has 0 amide bonds. The summed E-state index contributed by atoms with van der Waals surface area (Å²) in [7, 11) is 5.93. The number of nitrogens with zero attached hydrogens (tertiary/aromatic N) is 1. The number of carboxylic acids is 1. The van der Waals surface area contributed by atoms with Gasteiger partial charge in [-0.3, -0.25) is 9.59 Å². The molecule has 0 aliphatic rings. The van der Waals surface area contributed by atoms with Crippen LogP contribution in [0.15, 0.2) is 194 Å². The maximum atomic E-state index is 13.0. The monoisotopic (exact) mass is 1420 g/mol. The van der Waals surface area contributed by atoms with E-state index >= 15 is 0 Å². The number of carbonyl (C=O) groups excluding carboxylic acids is 3. The lowest BCUT2D eigenvalue weighted by molar-refractivity contribution is -0.870. The molecule has 582 valence electrons. The van der Waals surface area contributed by atoms with Gasteiger partial charge in [0.1, 0.15) is 13.2 Å². The number of hydrogen-bond donors (Lipinski definition) is 0. The van der Waals surface area contributed by atoms with Crippen LogP contribution in [0.25, 0.3) is 0 Å². The van der Waals surface area contributed by atoms with Crippen LogP contribution in [0.1, 0.15) is 322 Å². The molecule has 0 heterocycles. The van der Waals surface area contributed by atoms with Crippen LogP contribution in [-0.4, -0.2) is 82.3 Å². The molecule has 0 fully saturated rings. The highest BCUT2D eigenvalue weighted by Gasteiger charge is 2.22. The molecule has 0 spiro atoms. The minimum atomic E-state index is -1.63. The van der Waals surface area contributed by atoms with E-state index in [1.165, 1.54) is 148 Å². The number of likely N-dealkylation sites (N-methyl/N-ethyl adjacent to an activating group) is 1. The molecule has 0 aromatic rings. The minimum absolute atomic E-state index is 0.140. The highest BCUT2D eigenvalue weighted by atomic mass is 16.7. The van der Waals surface area contributed by atoms with Crippen molar-refractivity contribution in [3.05, 3.63) is 194 Å². The van der Waals surface area contributed by atoms with Gasteiger partial charge in [0.2, 0.25) is 0 Å². The average molecular weight is 1430 g/mol. The van der Waals surface area contributed by atoms with Crippen molar-refractivity contribution in [1.29, 1.82) is 0 Å². The summed E-state index contributed by atoms with van der Waals surface area (Å²) < 4.78 is 22.9. The zero-order valence-electron chi connectivity index (χ0n) is 66.6. The Balaban J connectivity index is 4.07. The van der Waals surface area contributed by atoms with Crippen LogP contribution in [0.2, 0.25) is 0 Å². The maximum absolute atomic E-state index is 13.0. The molecule has 0 saturated heterocycles. The van der Waals surface area contributed by atoms with Crippen LogP contribution in [-0.2, 0) is 33.3 Å². The molecule has 0 aliphatic carbocycles. The minimum Gasteiger partial charge on any atom is -0.545 e. The summed E-state index contributed by atoms with van der Waals surface area (Å²) in [5.41, 5.74) is 0. The molecule has 0 aromatic carbocycles. The molecule has 9 nitrogen and oxygen atoms in total. The van der Waals surface area contributed by atoms with Gasteiger partial charge >= 0.3 is 11.9 Å². The number of hydrogen-bond acceptors (Lipinski definition) is 8. The molecular formula is C94H153NO8. The largest absolute Gasteiger partial charge is 0.545 e. The Labute approximate surface area is 633 Å². The van der Waals surface area contributed by atoms with Crippen LogP contribution in [0, 0.1) is 0 Å². The standard InChI is InChI=1S/C94H153NO8/c1-6-8-10-12-14-16-18-20-22-24-26-28-30-32-34-36-38-40-42-44-45-46-47-49-51-53-55-57-59-61-63-65-67-69-71-73-75-77-79-81-83-85-92(97)103-90(89-102-94(93(98)99)100-87-86-95(3,4)5)88-101-91(96)84-82-80-78-76-74-72-70-68-66-64-62-60-58-56-54-52-50-48-43-41-39-37-35-33-31-29-27-25-23-21-19-17-15-13-11-9-7-2/h8-11,14-17,20-23,26-29,32-35,38-41,44-45,47-50,54,56,90,94H,6-7,12-13,18-19,24-25,30-31,36-37,42-43,46,51-53,55,57-89H2,1-5H3/b10-8-,11-9-,16-14-,17-15-,22-20-,23-21-,28-26-,29-27-,34-32-,35-33-,40-38-,41-39-,45-44-,49-47-,50-48-,56-54-. The predicted octanol–water partition coefficient (Wildman–Crippen LogP) is 25.9. The summed E-state index contributed by atoms with van der Waals surface area (Å²) in [6.45, 7) is 4.52. The Morgan fingerprint density at radius 1 is 0.291 bits per heavy atom. The van der Waals surface area contributed by atoms with Gasteiger partial charge in [-0.05, 0) is 141 Å². The molecule has 0 saturated carbocycles. The van der Waals surface area contributed by atoms with Crippen LogP contribution in [0.4, 0.5) is 0 Å². The second-order valence-corrected chi connectivity index (χ2v) is 28.3. The third-order valence-corrected chi connectivity index (χ3v) is 17.3. The molecule has 0 rings (SSSR count). The fourth-order valence-electron chi connectivity index (χ4n) is 11.1. The number of esters is 2. The van der Waals surface area contributed by atoms with Crippen molar-refractivity contribution in [3.63, 3.8) is 0 Å². The zero-order valence-corrected chi connectivity index (χ0v) is 66.6. The lowest BCUT2D eigenvalue weighted by atomic mass is 10.0. The summed E-state index contributed by atoms with van der Waals surface area (Å²) in [5, 5.41) is 11.9. The first-order chi connectivity index (χ1) is 50.6. The number of allylic oxidation sites excluding steroid dienone is 32. The van der Waals surface area contributed by atoms with E-state index in [0.29, 0.717) is 17.4 Å². The van der Waals surface area contributed by atoms with Crippen molar-refractivity contribution in [2.24, 2.45) is 0 Å². The maximum Gasteiger partial charge on any atom is 0.306 e. The molecule has 0 aromatic heterocycles. The number of aliphatic carboxylic acids is 1. The molecule has 2 atom stereocenters. The second kappa shape index (κ2) is 81.8. The molecule has 9 heteroatoms. The van der Waals surface area contributed by atoms with Gasteiger partial charge in [0, 0.05) is 12.8 Å². The number of carboxylic acid groups (broad SMARTS) is 1. The summed E-state index contributed by atoms with van der Waals surface area (Å²) in [5.74, 6) is -2.29. The van der Waals surface area contributed by atoms with Gasteiger partial charge in [-0.1, -0.05) is 362 Å². The third-order valence-electron chi connectivity index (χ3n) is 17.3. The second-order valence-electron chi connectivity index (χ2n) is 28.3. The highest BCUT2D eigenvalue weighted by molar-refractivity contribution is 5.70. The number of ether oxygens (including phenoxy) is 4. The van der Waals surface area contributed by atoms with E-state index in [9.17, 15) is 19.5 Å². The van der Waals surface area contributed by atoms with Crippen molar-refractivity contribution in [1.82, 2.24) is 0 Å². The van der Waals surface area contributed by atoms with Crippen LogP contribution >= 0.6 is 0 Å². The zero-order chi connectivity index (χ0) is 74.6. The van der Waals surface area contributed by atoms with E-state index in [0.717, 1.165) is 141 Å². The van der Waals surface area contributed by atoms with E-state index in [1.54, 1.807) is 0 Å². The normalized spacial score (nSPS) is 13.7. The Morgan fingerprint density at radius 2 is 0.524 bits per heavy atom. The lowest BCUT2D eigenvalue weighted by Gasteiger charge is -2.26. The lowest BCUT2D eigenvalue weighted by Crippen LogP contribution is -2.44. The topological polar surface area (TPSA) is 111 Å². The Bertz CT molecular complexity index is 2410. The van der Waals surface area contributed by atoms with E-state index < -0.39 is 24.3 Å². The first-order valence-electron chi connectivity index (χ1n) is 41.6. The highest BCUT2D eigenvalue weighted by Crippen LogP contribution is 2.18. The van der Waals surface area contributed by atoms with Gasteiger partial charge in [-0.25, -0.2) is 0 Å². The van der Waals surface area contributed by atoms with Gasteiger partial charge in [0.15, 0.2) is 12.4 Å². The van der Waals surface area contributed by atoms with Crippen LogP contribution in [0.5, 0.6) is 0 Å². The van der Waals surface area contributed by atoms with Crippen molar-refractivity contribution in [2.45, 2.75) is 334 Å². The van der Waals surface area contributed by atoms with Gasteiger partial charge < -0.3 is 33.3 Å². The van der Waals surface area contributed by atoms with Gasteiger partial charge in [-0.15, -0.1) is 0 Å². The summed E-state index contributed by atoms with van der Waals surface area (Å²) >= 11 is 0. The number of quaternary nitrogens is 1. The van der Waals surface area contributed by atoms with E-state index in [4.69, 9.17) is 18.9 Å². The number of carbonyl (C=O) groups is 3. The first-order valence-corrected chi connectivity index (χ1v) is 41.6. The quantitative estimate of drug-likeness (QED) is 0.0195. The molecule has 2 unspecified atom stereocenters. The predicted molar refractivity (Wildman–Crippen MR) is 444 cm³/mol. The van der Waals surface area contributed by atoms with Gasteiger partial charge in [-0.2, -0.15) is 0 Å². The van der Waals surface area contributed by atoms with Crippen LogP contribution in [0.3, 0.4) is 0 Å². The van der Waals surface area contributed by atoms with E-state index in [-0.39, 0.29) is 38.6 Å². The smallest absolute Gasteiger partial charge is 0.306 e. The SMILES string of the molecule is CC/C=C\C/C=C\C/C=C\C/C=C\C/C=C\C/C=C\C/C=C\C/C=C\CCCCCCCCCCCCCCCCCCC(=O)OC(COC(=O)CCCCCCCCCCCCCC/C=C\C/C=C\C/C=C\C/C=C\C/C=C\C/C=C\C/C=C\C/C=C\CC)COC(OCC[N+](C)(C)C)C(=O)[O-]. The summed E-state index contributed by atoms with van der Waals surface area (Å²) in [6.07, 6.45) is 123. The molecule has 0 radical (unpaired) electrons. The molecule has 103 heavy (non-hydrogen) atoms. The van der Waals surface area contributed by atoms with Crippen LogP contribution < -0.4 is 5.11 Å². The Morgan fingerprint density at radius 3 is 0.777 bits per heavy atom. The summed E-state index contributed by atoms with van der Waals surface area (Å²) in [6, 6.07) is 0. The fraction of sp³-hybridized carbons (Fsp3) is 0.628. The third kappa shape index (κ3) is 83.3. The molecule has 0 bridgehead atoms. The van der Waals surface area contributed by atoms with Crippen molar-refractivity contribution < 1.29 is 42.9 Å². The number of unbranched alkanes of at least 4 members (excludes halogenated alkanes) is 28. The van der Waals surface area contributed by atoms with Crippen molar-refractivity contribution in [3.8, 4) is 0 Å². The van der Waals surface area contributed by atoms with Gasteiger partial charge in [0.05, 0.1) is 40.3 Å². The van der Waals surface area contributed by atoms with E-state index in [2.05, 4.69) is 208 Å². The average Bonchev–Trinajstić information content (AvgIpc) is 1.01.